The van der Waals surface area contributed by atoms with Crippen LogP contribution in [0.3, 0.4) is 0 Å². The Kier molecular flexibility index (Phi) is 6.36. The molecule has 1 heterocycles. The molecule has 0 aliphatic heterocycles. The summed E-state index contributed by atoms with van der Waals surface area (Å²) in [6, 6.07) is -0.236. The van der Waals surface area contributed by atoms with E-state index in [9.17, 15) is 4.79 Å². The van der Waals surface area contributed by atoms with Gasteiger partial charge in [-0.1, -0.05) is 30.0 Å². The van der Waals surface area contributed by atoms with E-state index in [2.05, 4.69) is 22.4 Å². The first-order valence-electron chi connectivity index (χ1n) is 5.15. The van der Waals surface area contributed by atoms with Gasteiger partial charge in [-0.2, -0.15) is 0 Å². The fourth-order valence-electron chi connectivity index (χ4n) is 1.15. The van der Waals surface area contributed by atoms with Gasteiger partial charge in [-0.15, -0.1) is 10.2 Å². The van der Waals surface area contributed by atoms with Crippen molar-refractivity contribution in [1.82, 2.24) is 15.5 Å². The number of aromatic nitrogens is 2. The summed E-state index contributed by atoms with van der Waals surface area (Å²) >= 11 is 3.11. The van der Waals surface area contributed by atoms with Crippen molar-refractivity contribution in [3.63, 3.8) is 0 Å². The topological polar surface area (TPSA) is 80.9 Å². The predicted octanol–water partition coefficient (Wildman–Crippen LogP) is 0.874. The van der Waals surface area contributed by atoms with Crippen LogP contribution in [0.15, 0.2) is 9.85 Å². The number of primary amides is 1. The molecule has 0 aliphatic carbocycles. The highest BCUT2D eigenvalue weighted by Gasteiger charge is 2.13. The molecule has 90 valence electrons. The van der Waals surface area contributed by atoms with Crippen molar-refractivity contribution in [2.75, 3.05) is 12.3 Å². The van der Waals surface area contributed by atoms with Crippen molar-refractivity contribution >= 4 is 29.0 Å². The minimum Gasteiger partial charge on any atom is -0.368 e. The van der Waals surface area contributed by atoms with Gasteiger partial charge in [0.2, 0.25) is 5.91 Å². The quantitative estimate of drug-likeness (QED) is 0.678. The Labute approximate surface area is 103 Å². The number of hydrogen-bond donors (Lipinski definition) is 2. The number of amides is 1. The molecule has 5 nitrogen and oxygen atoms in total. The van der Waals surface area contributed by atoms with E-state index < -0.39 is 0 Å². The van der Waals surface area contributed by atoms with E-state index in [1.54, 1.807) is 17.3 Å². The molecule has 0 radical (unpaired) electrons. The molecule has 1 aromatic rings. The Morgan fingerprint density at radius 1 is 1.75 bits per heavy atom. The normalized spacial score (nSPS) is 12.6. The summed E-state index contributed by atoms with van der Waals surface area (Å²) in [6.07, 6.45) is 1.72. The number of carbonyl (C=O) groups excluding carboxylic acids is 1. The Hall–Kier alpha value is -0.660. The molecule has 1 atom stereocenters. The number of nitrogens with zero attached hydrogens (tertiary/aromatic N) is 2. The van der Waals surface area contributed by atoms with E-state index in [0.29, 0.717) is 0 Å². The van der Waals surface area contributed by atoms with Gasteiger partial charge in [0.15, 0.2) is 4.34 Å². The average molecular weight is 260 g/mol. The molecule has 1 aromatic heterocycles. The van der Waals surface area contributed by atoms with Crippen LogP contribution in [0, 0.1) is 0 Å². The smallest absolute Gasteiger partial charge is 0.234 e. The highest BCUT2D eigenvalue weighted by atomic mass is 32.2. The molecule has 0 fully saturated rings. The van der Waals surface area contributed by atoms with Gasteiger partial charge in [-0.25, -0.2) is 0 Å². The standard InChI is InChI=1S/C9H16N4OS2/c1-2-4-11-7(8(10)14)3-5-15-9-13-12-6-16-9/h6-7,11H,2-5H2,1H3,(H2,10,14). The van der Waals surface area contributed by atoms with Gasteiger partial charge in [0.25, 0.3) is 0 Å². The lowest BCUT2D eigenvalue weighted by atomic mass is 10.2. The Balaban J connectivity index is 2.24. The summed E-state index contributed by atoms with van der Waals surface area (Å²) < 4.78 is 0.929. The molecule has 0 spiro atoms. The van der Waals surface area contributed by atoms with Crippen LogP contribution in [-0.4, -0.2) is 34.4 Å². The summed E-state index contributed by atoms with van der Waals surface area (Å²) in [4.78, 5) is 11.1. The average Bonchev–Trinajstić information content (AvgIpc) is 2.75. The van der Waals surface area contributed by atoms with Gasteiger partial charge in [0.05, 0.1) is 6.04 Å². The van der Waals surface area contributed by atoms with Crippen LogP contribution in [0.1, 0.15) is 19.8 Å². The molecule has 0 aromatic carbocycles. The number of hydrogen-bond acceptors (Lipinski definition) is 6. The molecular formula is C9H16N4OS2. The maximum absolute atomic E-state index is 11.1. The number of thioether (sulfide) groups is 1. The maximum Gasteiger partial charge on any atom is 0.234 e. The molecule has 1 rings (SSSR count). The molecule has 7 heteroatoms. The van der Waals surface area contributed by atoms with Gasteiger partial charge in [0, 0.05) is 5.75 Å². The van der Waals surface area contributed by atoms with E-state index in [4.69, 9.17) is 5.73 Å². The first kappa shape index (κ1) is 13.4. The van der Waals surface area contributed by atoms with Gasteiger partial charge in [-0.3, -0.25) is 4.79 Å². The number of nitrogens with two attached hydrogens (primary N) is 1. The van der Waals surface area contributed by atoms with Gasteiger partial charge < -0.3 is 11.1 Å². The Morgan fingerprint density at radius 2 is 2.56 bits per heavy atom. The highest BCUT2D eigenvalue weighted by molar-refractivity contribution is 8.00. The fourth-order valence-corrected chi connectivity index (χ4v) is 2.72. The third kappa shape index (κ3) is 4.91. The van der Waals surface area contributed by atoms with Crippen molar-refractivity contribution in [1.29, 1.82) is 0 Å². The molecule has 1 unspecified atom stereocenters. The molecule has 0 aliphatic rings. The maximum atomic E-state index is 11.1. The lowest BCUT2D eigenvalue weighted by Gasteiger charge is -2.13. The van der Waals surface area contributed by atoms with E-state index in [0.717, 1.165) is 29.5 Å². The van der Waals surface area contributed by atoms with E-state index in [-0.39, 0.29) is 11.9 Å². The zero-order chi connectivity index (χ0) is 11.8. The molecule has 3 N–H and O–H groups in total. The number of rotatable bonds is 8. The van der Waals surface area contributed by atoms with Crippen LogP contribution in [0.2, 0.25) is 0 Å². The monoisotopic (exact) mass is 260 g/mol. The van der Waals surface area contributed by atoms with Crippen molar-refractivity contribution < 1.29 is 4.79 Å². The summed E-state index contributed by atoms with van der Waals surface area (Å²) in [5.41, 5.74) is 7.00. The molecule has 0 bridgehead atoms. The van der Waals surface area contributed by atoms with E-state index >= 15 is 0 Å². The van der Waals surface area contributed by atoms with Crippen LogP contribution in [0.4, 0.5) is 0 Å². The van der Waals surface area contributed by atoms with Crippen molar-refractivity contribution in [3.8, 4) is 0 Å². The van der Waals surface area contributed by atoms with Gasteiger partial charge in [0.1, 0.15) is 5.51 Å². The summed E-state index contributed by atoms with van der Waals surface area (Å²) in [5.74, 6) is 0.533. The third-order valence-corrected chi connectivity index (χ3v) is 3.85. The van der Waals surface area contributed by atoms with Crippen LogP contribution in [-0.2, 0) is 4.79 Å². The number of carbonyl (C=O) groups is 1. The lowest BCUT2D eigenvalue weighted by molar-refractivity contribution is -0.120. The minimum atomic E-state index is -0.286. The largest absolute Gasteiger partial charge is 0.368 e. The summed E-state index contributed by atoms with van der Waals surface area (Å²) in [7, 11) is 0. The molecular weight excluding hydrogens is 244 g/mol. The SMILES string of the molecule is CCCNC(CCSc1nncs1)C(N)=O. The van der Waals surface area contributed by atoms with Crippen molar-refractivity contribution in [2.24, 2.45) is 5.73 Å². The summed E-state index contributed by atoms with van der Waals surface area (Å²) in [6.45, 7) is 2.87. The van der Waals surface area contributed by atoms with Crippen LogP contribution in [0.5, 0.6) is 0 Å². The first-order valence-corrected chi connectivity index (χ1v) is 7.02. The zero-order valence-corrected chi connectivity index (χ0v) is 10.8. The predicted molar refractivity (Wildman–Crippen MR) is 66.5 cm³/mol. The molecule has 1 amide bonds. The second-order valence-corrected chi connectivity index (χ2v) is 5.43. The lowest BCUT2D eigenvalue weighted by Crippen LogP contribution is -2.41. The Bertz CT molecular complexity index is 304. The number of nitrogens with one attached hydrogen (secondary N) is 1. The molecule has 16 heavy (non-hydrogen) atoms. The fraction of sp³-hybridized carbons (Fsp3) is 0.667. The van der Waals surface area contributed by atoms with E-state index in [1.165, 1.54) is 11.3 Å². The van der Waals surface area contributed by atoms with Crippen LogP contribution >= 0.6 is 23.1 Å². The van der Waals surface area contributed by atoms with Crippen LogP contribution < -0.4 is 11.1 Å². The molecule has 0 saturated heterocycles. The van der Waals surface area contributed by atoms with Crippen LogP contribution in [0.25, 0.3) is 0 Å². The highest BCUT2D eigenvalue weighted by Crippen LogP contribution is 2.19. The zero-order valence-electron chi connectivity index (χ0n) is 9.18. The second-order valence-electron chi connectivity index (χ2n) is 3.25. The first-order chi connectivity index (χ1) is 7.74. The minimum absolute atomic E-state index is 0.236. The van der Waals surface area contributed by atoms with Gasteiger partial charge >= 0.3 is 0 Å². The van der Waals surface area contributed by atoms with Gasteiger partial charge in [-0.05, 0) is 19.4 Å². The Morgan fingerprint density at radius 3 is 3.12 bits per heavy atom. The second kappa shape index (κ2) is 7.59. The summed E-state index contributed by atoms with van der Waals surface area (Å²) in [5, 5.41) is 10.8. The van der Waals surface area contributed by atoms with Crippen molar-refractivity contribution in [2.45, 2.75) is 30.1 Å². The van der Waals surface area contributed by atoms with E-state index in [1.807, 2.05) is 0 Å². The van der Waals surface area contributed by atoms with Crippen molar-refractivity contribution in [3.05, 3.63) is 5.51 Å². The third-order valence-electron chi connectivity index (χ3n) is 1.96. The molecule has 0 saturated carbocycles.